The molecule has 0 aromatic heterocycles. The van der Waals surface area contributed by atoms with Gasteiger partial charge in [0.1, 0.15) is 5.75 Å². The van der Waals surface area contributed by atoms with Crippen LogP contribution in [0.25, 0.3) is 0 Å². The van der Waals surface area contributed by atoms with E-state index in [2.05, 4.69) is 21.9 Å². The third-order valence-electron chi connectivity index (χ3n) is 3.95. The van der Waals surface area contributed by atoms with Gasteiger partial charge in [0, 0.05) is 38.3 Å². The number of piperazine rings is 1. The van der Waals surface area contributed by atoms with Crippen LogP contribution in [0.5, 0.6) is 5.75 Å². The number of amides is 1. The number of para-hydroxylation sites is 1. The summed E-state index contributed by atoms with van der Waals surface area (Å²) in [6, 6.07) is 5.80. The van der Waals surface area contributed by atoms with Crippen LogP contribution >= 0.6 is 0 Å². The second-order valence-corrected chi connectivity index (χ2v) is 5.75. The lowest BCUT2D eigenvalue weighted by Crippen LogP contribution is -2.49. The van der Waals surface area contributed by atoms with Crippen molar-refractivity contribution in [1.82, 2.24) is 15.1 Å². The van der Waals surface area contributed by atoms with Crippen molar-refractivity contribution in [2.45, 2.75) is 19.8 Å². The summed E-state index contributed by atoms with van der Waals surface area (Å²) >= 11 is 0. The summed E-state index contributed by atoms with van der Waals surface area (Å²) in [6.45, 7) is 6.57. The van der Waals surface area contributed by atoms with Crippen LogP contribution in [-0.2, 0) is 16.1 Å². The molecule has 27 heavy (non-hydrogen) atoms. The second kappa shape index (κ2) is 11.4. The molecule has 0 unspecified atom stereocenters. The van der Waals surface area contributed by atoms with Gasteiger partial charge in [-0.3, -0.25) is 14.5 Å². The van der Waals surface area contributed by atoms with E-state index >= 15 is 0 Å². The molecule has 1 heterocycles. The fourth-order valence-corrected chi connectivity index (χ4v) is 2.59. The molecule has 0 bridgehead atoms. The number of alkyl halides is 3. The average molecular weight is 391 g/mol. The number of carboxylic acid groups (broad SMARTS) is 1. The van der Waals surface area contributed by atoms with Gasteiger partial charge in [0.15, 0.2) is 0 Å². The number of nitrogens with zero attached hydrogens (tertiary/aromatic N) is 2. The summed E-state index contributed by atoms with van der Waals surface area (Å²) in [4.78, 5) is 24.7. The Balaban J connectivity index is 0.00000114. The molecule has 152 valence electrons. The minimum absolute atomic E-state index is 0.0000116. The Bertz CT molecular complexity index is 591. The molecular formula is C17H24F3N3O4. The molecule has 10 heteroatoms. The lowest BCUT2D eigenvalue weighted by molar-refractivity contribution is -0.274. The SMILES string of the molecule is CCN1CCN(CC(=O)NCc2ccccc2OC(F)(F)F)CC1.O=CO. The highest BCUT2D eigenvalue weighted by Crippen LogP contribution is 2.26. The number of hydrogen-bond donors (Lipinski definition) is 2. The monoisotopic (exact) mass is 391 g/mol. The van der Waals surface area contributed by atoms with Gasteiger partial charge < -0.3 is 20.1 Å². The van der Waals surface area contributed by atoms with Gasteiger partial charge in [-0.15, -0.1) is 13.2 Å². The van der Waals surface area contributed by atoms with Crippen LogP contribution in [0, 0.1) is 0 Å². The minimum Gasteiger partial charge on any atom is -0.483 e. The van der Waals surface area contributed by atoms with Crippen LogP contribution in [0.1, 0.15) is 12.5 Å². The molecule has 2 rings (SSSR count). The predicted molar refractivity (Wildman–Crippen MR) is 92.2 cm³/mol. The Labute approximate surface area is 155 Å². The van der Waals surface area contributed by atoms with Gasteiger partial charge >= 0.3 is 6.36 Å². The third kappa shape index (κ3) is 9.25. The van der Waals surface area contributed by atoms with Crippen molar-refractivity contribution in [1.29, 1.82) is 0 Å². The smallest absolute Gasteiger partial charge is 0.483 e. The van der Waals surface area contributed by atoms with E-state index < -0.39 is 6.36 Å². The van der Waals surface area contributed by atoms with E-state index in [0.29, 0.717) is 5.56 Å². The van der Waals surface area contributed by atoms with E-state index in [0.717, 1.165) is 32.7 Å². The second-order valence-electron chi connectivity index (χ2n) is 5.75. The molecule has 0 saturated carbocycles. The number of carbonyl (C=O) groups excluding carboxylic acids is 1. The lowest BCUT2D eigenvalue weighted by Gasteiger charge is -2.33. The molecule has 1 aliphatic rings. The van der Waals surface area contributed by atoms with E-state index in [4.69, 9.17) is 9.90 Å². The molecular weight excluding hydrogens is 367 g/mol. The van der Waals surface area contributed by atoms with Crippen LogP contribution in [0.2, 0.25) is 0 Å². The van der Waals surface area contributed by atoms with Gasteiger partial charge in [-0.25, -0.2) is 0 Å². The number of halogens is 3. The van der Waals surface area contributed by atoms with Crippen molar-refractivity contribution in [3.05, 3.63) is 29.8 Å². The van der Waals surface area contributed by atoms with Gasteiger partial charge in [-0.1, -0.05) is 25.1 Å². The van der Waals surface area contributed by atoms with Crippen LogP contribution in [0.4, 0.5) is 13.2 Å². The Morgan fingerprint density at radius 3 is 2.33 bits per heavy atom. The summed E-state index contributed by atoms with van der Waals surface area (Å²) in [7, 11) is 0. The highest BCUT2D eigenvalue weighted by molar-refractivity contribution is 5.78. The van der Waals surface area contributed by atoms with Gasteiger partial charge in [-0.2, -0.15) is 0 Å². The number of likely N-dealkylation sites (N-methyl/N-ethyl adjacent to an activating group) is 1. The van der Waals surface area contributed by atoms with Gasteiger partial charge in [0.2, 0.25) is 5.91 Å². The molecule has 1 aliphatic heterocycles. The van der Waals surface area contributed by atoms with E-state index in [1.807, 2.05) is 4.90 Å². The van der Waals surface area contributed by atoms with E-state index in [9.17, 15) is 18.0 Å². The summed E-state index contributed by atoms with van der Waals surface area (Å²) in [5.74, 6) is -0.497. The molecule has 0 aliphatic carbocycles. The van der Waals surface area contributed by atoms with Crippen molar-refractivity contribution >= 4 is 12.4 Å². The molecule has 1 fully saturated rings. The fourth-order valence-electron chi connectivity index (χ4n) is 2.59. The van der Waals surface area contributed by atoms with Crippen LogP contribution in [0.15, 0.2) is 24.3 Å². The highest BCUT2D eigenvalue weighted by atomic mass is 19.4. The summed E-state index contributed by atoms with van der Waals surface area (Å²) in [6.07, 6.45) is -4.75. The maximum absolute atomic E-state index is 12.4. The van der Waals surface area contributed by atoms with Gasteiger partial charge in [-0.05, 0) is 12.6 Å². The number of benzene rings is 1. The standard InChI is InChI=1S/C16H22F3N3O2.CH2O2/c1-2-21-7-9-22(10-8-21)12-15(23)20-11-13-5-3-4-6-14(13)24-16(17,18)19;2-1-3/h3-6H,2,7-12H2,1H3,(H,20,23);1H,(H,2,3). The van der Waals surface area contributed by atoms with Crippen molar-refractivity contribution in [2.24, 2.45) is 0 Å². The summed E-state index contributed by atoms with van der Waals surface area (Å²) in [5.41, 5.74) is 0.291. The highest BCUT2D eigenvalue weighted by Gasteiger charge is 2.32. The quantitative estimate of drug-likeness (QED) is 0.716. The maximum atomic E-state index is 12.4. The largest absolute Gasteiger partial charge is 0.573 e. The molecule has 1 aromatic carbocycles. The van der Waals surface area contributed by atoms with E-state index in [-0.39, 0.29) is 31.2 Å². The first kappa shape index (κ1) is 22.7. The van der Waals surface area contributed by atoms with Crippen LogP contribution < -0.4 is 10.1 Å². The number of carbonyl (C=O) groups is 2. The Kier molecular flexibility index (Phi) is 9.59. The first-order chi connectivity index (χ1) is 12.8. The molecule has 7 nitrogen and oxygen atoms in total. The number of hydrogen-bond acceptors (Lipinski definition) is 5. The molecule has 0 atom stereocenters. The normalized spacial score (nSPS) is 15.4. The molecule has 1 amide bonds. The Morgan fingerprint density at radius 1 is 1.22 bits per heavy atom. The molecule has 1 aromatic rings. The van der Waals surface area contributed by atoms with Gasteiger partial charge in [0.05, 0.1) is 6.54 Å². The van der Waals surface area contributed by atoms with Gasteiger partial charge in [0.25, 0.3) is 6.47 Å². The number of nitrogens with one attached hydrogen (secondary N) is 1. The van der Waals surface area contributed by atoms with Crippen molar-refractivity contribution in [2.75, 3.05) is 39.3 Å². The molecule has 2 N–H and O–H groups in total. The first-order valence-corrected chi connectivity index (χ1v) is 8.42. The third-order valence-corrected chi connectivity index (χ3v) is 3.95. The Morgan fingerprint density at radius 2 is 1.78 bits per heavy atom. The summed E-state index contributed by atoms with van der Waals surface area (Å²) in [5, 5.41) is 9.54. The fraction of sp³-hybridized carbons (Fsp3) is 0.529. The topological polar surface area (TPSA) is 82.1 Å². The maximum Gasteiger partial charge on any atom is 0.573 e. The minimum atomic E-state index is -4.75. The lowest BCUT2D eigenvalue weighted by atomic mass is 10.2. The predicted octanol–water partition coefficient (Wildman–Crippen LogP) is 1.54. The van der Waals surface area contributed by atoms with E-state index in [1.165, 1.54) is 18.2 Å². The number of ether oxygens (including phenoxy) is 1. The number of rotatable bonds is 6. The average Bonchev–Trinajstić information content (AvgIpc) is 2.61. The first-order valence-electron chi connectivity index (χ1n) is 8.42. The molecule has 0 spiro atoms. The van der Waals surface area contributed by atoms with Crippen LogP contribution in [-0.4, -0.2) is 72.9 Å². The van der Waals surface area contributed by atoms with Crippen molar-refractivity contribution in [3.63, 3.8) is 0 Å². The van der Waals surface area contributed by atoms with E-state index in [1.54, 1.807) is 6.07 Å². The zero-order chi connectivity index (χ0) is 20.3. The van der Waals surface area contributed by atoms with Crippen molar-refractivity contribution in [3.8, 4) is 5.75 Å². The Hall–Kier alpha value is -2.33. The zero-order valence-corrected chi connectivity index (χ0v) is 15.0. The van der Waals surface area contributed by atoms with Crippen LogP contribution in [0.3, 0.4) is 0 Å². The summed E-state index contributed by atoms with van der Waals surface area (Å²) < 4.78 is 41.1. The zero-order valence-electron chi connectivity index (χ0n) is 15.0. The van der Waals surface area contributed by atoms with Crippen molar-refractivity contribution < 1.29 is 32.6 Å². The molecule has 1 saturated heterocycles. The molecule has 0 radical (unpaired) electrons.